The summed E-state index contributed by atoms with van der Waals surface area (Å²) in [5.41, 5.74) is 0. The zero-order valence-corrected chi connectivity index (χ0v) is 13.1. The van der Waals surface area contributed by atoms with Gasteiger partial charge in [0.2, 0.25) is 0 Å². The van der Waals surface area contributed by atoms with Crippen molar-refractivity contribution in [3.8, 4) is 0 Å². The summed E-state index contributed by atoms with van der Waals surface area (Å²) in [6.45, 7) is 0. The minimum absolute atomic E-state index is 1.13. The molecule has 0 aromatic rings. The van der Waals surface area contributed by atoms with E-state index in [0.717, 1.165) is 47.3 Å². The van der Waals surface area contributed by atoms with Gasteiger partial charge in [0.15, 0.2) is 0 Å². The van der Waals surface area contributed by atoms with Gasteiger partial charge in [0.05, 0.1) is 0 Å². The topological polar surface area (TPSA) is 0 Å². The average Bonchev–Trinajstić information content (AvgIpc) is 2.18. The van der Waals surface area contributed by atoms with Gasteiger partial charge in [-0.05, 0) is 124 Å². The van der Waals surface area contributed by atoms with E-state index in [1.807, 2.05) is 0 Å². The van der Waals surface area contributed by atoms with E-state index in [9.17, 15) is 0 Å². The molecule has 0 heterocycles. The predicted molar refractivity (Wildman–Crippen MR) is 83.3 cm³/mol. The second kappa shape index (κ2) is 4.75. The molecule has 0 N–H and O–H groups in total. The molecule has 6 rings (SSSR count). The van der Waals surface area contributed by atoms with Crippen molar-refractivity contribution in [2.24, 2.45) is 47.3 Å². The third-order valence-corrected chi connectivity index (χ3v) is 8.00. The molecule has 8 bridgehead atoms. The van der Waals surface area contributed by atoms with Crippen molar-refractivity contribution in [2.75, 3.05) is 0 Å². The summed E-state index contributed by atoms with van der Waals surface area (Å²) in [7, 11) is 0. The number of hydrogen-bond donors (Lipinski definition) is 0. The molecule has 112 valence electrons. The molecule has 0 spiro atoms. The Hall–Kier alpha value is 0. The van der Waals surface area contributed by atoms with Crippen LogP contribution in [0.25, 0.3) is 0 Å². The SMILES string of the molecule is C1C2CC3CC4CC1CC1CC(C2)CC(C3)CC(C4)C1. The Kier molecular flexibility index (Phi) is 2.98. The lowest BCUT2D eigenvalue weighted by Gasteiger charge is -2.49. The van der Waals surface area contributed by atoms with Crippen LogP contribution < -0.4 is 0 Å². The highest BCUT2D eigenvalue weighted by Crippen LogP contribution is 2.54. The first-order valence-electron chi connectivity index (χ1n) is 9.80. The van der Waals surface area contributed by atoms with Gasteiger partial charge in [-0.15, -0.1) is 0 Å². The Morgan fingerprint density at radius 2 is 0.300 bits per heavy atom. The normalized spacial score (nSPS) is 57.6. The molecule has 6 saturated carbocycles. The second-order valence-corrected chi connectivity index (χ2v) is 9.76. The summed E-state index contributed by atoms with van der Waals surface area (Å²) in [6.07, 6.45) is 19.6. The summed E-state index contributed by atoms with van der Waals surface area (Å²) >= 11 is 0. The first kappa shape index (κ1) is 12.5. The van der Waals surface area contributed by atoms with Crippen molar-refractivity contribution >= 4 is 0 Å². The van der Waals surface area contributed by atoms with Crippen molar-refractivity contribution < 1.29 is 0 Å². The molecule has 6 aliphatic carbocycles. The molecule has 0 heteroatoms. The summed E-state index contributed by atoms with van der Waals surface area (Å²) in [6, 6.07) is 0. The van der Waals surface area contributed by atoms with Gasteiger partial charge in [0.1, 0.15) is 0 Å². The van der Waals surface area contributed by atoms with Crippen LogP contribution in [-0.2, 0) is 0 Å². The van der Waals surface area contributed by atoms with Crippen molar-refractivity contribution in [1.29, 1.82) is 0 Å². The molecule has 0 amide bonds. The Labute approximate surface area is 125 Å². The average molecular weight is 272 g/mol. The molecule has 6 aliphatic rings. The fraction of sp³-hybridized carbons (Fsp3) is 1.00. The lowest BCUT2D eigenvalue weighted by atomic mass is 9.56. The fourth-order valence-electron chi connectivity index (χ4n) is 7.97. The van der Waals surface area contributed by atoms with Crippen LogP contribution in [0, 0.1) is 47.3 Å². The molecule has 0 aromatic heterocycles. The Morgan fingerprint density at radius 1 is 0.200 bits per heavy atom. The summed E-state index contributed by atoms with van der Waals surface area (Å²) < 4.78 is 0. The standard InChI is InChI=1S/C20H32/c1-13-2-15-6-17-4-14(1)5-18-7-16(3-13)9-19(8-15)12-20(10-17)11-18/h13-20H,1-12H2. The first-order valence-corrected chi connectivity index (χ1v) is 9.80. The third-order valence-electron chi connectivity index (χ3n) is 8.00. The highest BCUT2D eigenvalue weighted by atomic mass is 14.5. The first-order chi connectivity index (χ1) is 9.80. The fourth-order valence-corrected chi connectivity index (χ4v) is 7.97. The van der Waals surface area contributed by atoms with Crippen LogP contribution in [0.2, 0.25) is 0 Å². The van der Waals surface area contributed by atoms with E-state index >= 15 is 0 Å². The van der Waals surface area contributed by atoms with Crippen LogP contribution in [0.15, 0.2) is 0 Å². The Bertz CT molecular complexity index is 219. The van der Waals surface area contributed by atoms with Crippen molar-refractivity contribution in [1.82, 2.24) is 0 Å². The molecule has 0 saturated heterocycles. The van der Waals surface area contributed by atoms with Crippen LogP contribution >= 0.6 is 0 Å². The van der Waals surface area contributed by atoms with Gasteiger partial charge >= 0.3 is 0 Å². The molecule has 0 nitrogen and oxygen atoms in total. The maximum Gasteiger partial charge on any atom is -0.0406 e. The minimum Gasteiger partial charge on any atom is -0.0475 e. The number of rotatable bonds is 0. The third kappa shape index (κ3) is 2.26. The van der Waals surface area contributed by atoms with E-state index < -0.39 is 0 Å². The molecule has 0 aliphatic heterocycles. The smallest absolute Gasteiger partial charge is 0.0406 e. The number of hydrogen-bond acceptors (Lipinski definition) is 0. The molecule has 0 aromatic carbocycles. The molecular weight excluding hydrogens is 240 g/mol. The monoisotopic (exact) mass is 272 g/mol. The molecule has 0 radical (unpaired) electrons. The van der Waals surface area contributed by atoms with Crippen LogP contribution in [-0.4, -0.2) is 0 Å². The van der Waals surface area contributed by atoms with Crippen molar-refractivity contribution in [3.05, 3.63) is 0 Å². The lowest BCUT2D eigenvalue weighted by molar-refractivity contribution is 0.0199. The van der Waals surface area contributed by atoms with Gasteiger partial charge in [-0.3, -0.25) is 0 Å². The van der Waals surface area contributed by atoms with Gasteiger partial charge < -0.3 is 0 Å². The highest BCUT2D eigenvalue weighted by molar-refractivity contribution is 4.93. The Morgan fingerprint density at radius 3 is 0.400 bits per heavy atom. The highest BCUT2D eigenvalue weighted by Gasteiger charge is 2.42. The van der Waals surface area contributed by atoms with Crippen molar-refractivity contribution in [2.45, 2.75) is 77.0 Å². The molecular formula is C20H32. The molecule has 20 heavy (non-hydrogen) atoms. The van der Waals surface area contributed by atoms with E-state index in [1.165, 1.54) is 0 Å². The second-order valence-electron chi connectivity index (χ2n) is 9.76. The van der Waals surface area contributed by atoms with Crippen LogP contribution in [0.5, 0.6) is 0 Å². The van der Waals surface area contributed by atoms with Gasteiger partial charge in [-0.2, -0.15) is 0 Å². The van der Waals surface area contributed by atoms with E-state index in [2.05, 4.69) is 0 Å². The lowest BCUT2D eigenvalue weighted by Crippen LogP contribution is -2.38. The van der Waals surface area contributed by atoms with Gasteiger partial charge in [-0.1, -0.05) is 0 Å². The van der Waals surface area contributed by atoms with Gasteiger partial charge in [-0.25, -0.2) is 0 Å². The van der Waals surface area contributed by atoms with Gasteiger partial charge in [0.25, 0.3) is 0 Å². The van der Waals surface area contributed by atoms with Gasteiger partial charge in [0, 0.05) is 0 Å². The quantitative estimate of drug-likeness (QED) is 0.533. The van der Waals surface area contributed by atoms with E-state index in [1.54, 1.807) is 77.0 Å². The van der Waals surface area contributed by atoms with Crippen LogP contribution in [0.3, 0.4) is 0 Å². The summed E-state index contributed by atoms with van der Waals surface area (Å²) in [5.74, 6) is 9.06. The summed E-state index contributed by atoms with van der Waals surface area (Å²) in [5, 5.41) is 0. The van der Waals surface area contributed by atoms with Crippen LogP contribution in [0.1, 0.15) is 77.0 Å². The predicted octanol–water partition coefficient (Wildman–Crippen LogP) is 5.67. The molecule has 0 atom stereocenters. The molecule has 0 unspecified atom stereocenters. The summed E-state index contributed by atoms with van der Waals surface area (Å²) in [4.78, 5) is 0. The van der Waals surface area contributed by atoms with Crippen LogP contribution in [0.4, 0.5) is 0 Å². The molecule has 6 fully saturated rings. The Balaban J connectivity index is 1.57. The zero-order valence-electron chi connectivity index (χ0n) is 13.1. The minimum atomic E-state index is 1.13. The maximum atomic E-state index is 1.63. The zero-order chi connectivity index (χ0) is 13.1. The van der Waals surface area contributed by atoms with E-state index in [-0.39, 0.29) is 0 Å². The van der Waals surface area contributed by atoms with E-state index in [0.29, 0.717) is 0 Å². The van der Waals surface area contributed by atoms with E-state index in [4.69, 9.17) is 0 Å². The van der Waals surface area contributed by atoms with Crippen molar-refractivity contribution in [3.63, 3.8) is 0 Å². The largest absolute Gasteiger partial charge is 0.0475 e. The maximum absolute atomic E-state index is 1.63.